The maximum absolute atomic E-state index is 12.1. The van der Waals surface area contributed by atoms with Gasteiger partial charge in [0.2, 0.25) is 0 Å². The lowest BCUT2D eigenvalue weighted by atomic mass is 10.2. The molecule has 2 atom stereocenters. The molecular weight excluding hydrogens is 206 g/mol. The van der Waals surface area contributed by atoms with E-state index in [0.717, 1.165) is 17.7 Å². The number of hydrogen-bond donors (Lipinski definition) is 1. The Morgan fingerprint density at radius 3 is 2.40 bits per heavy atom. The molecule has 2 nitrogen and oxygen atoms in total. The summed E-state index contributed by atoms with van der Waals surface area (Å²) in [6, 6.07) is 7.90. The Kier molecular flexibility index (Phi) is 4.99. The minimum Gasteiger partial charge on any atom is -0.330 e. The van der Waals surface area contributed by atoms with Gasteiger partial charge in [0, 0.05) is 10.1 Å². The third-order valence-corrected chi connectivity index (χ3v) is 4.41. The van der Waals surface area contributed by atoms with Crippen LogP contribution >= 0.6 is 0 Å². The number of benzene rings is 1. The van der Waals surface area contributed by atoms with E-state index >= 15 is 0 Å². The molecule has 0 aliphatic carbocycles. The van der Waals surface area contributed by atoms with Crippen LogP contribution in [0, 0.1) is 6.92 Å². The molecule has 0 aliphatic rings. The number of rotatable bonds is 5. The zero-order valence-electron chi connectivity index (χ0n) is 9.40. The fraction of sp³-hybridized carbons (Fsp3) is 0.500. The molecule has 0 aromatic heterocycles. The Morgan fingerprint density at radius 1 is 1.33 bits per heavy atom. The molecule has 0 spiro atoms. The summed E-state index contributed by atoms with van der Waals surface area (Å²) < 4.78 is 12.1. The first-order valence-electron chi connectivity index (χ1n) is 5.36. The van der Waals surface area contributed by atoms with Gasteiger partial charge in [0.1, 0.15) is 0 Å². The monoisotopic (exact) mass is 225 g/mol. The van der Waals surface area contributed by atoms with Gasteiger partial charge in [-0.15, -0.1) is 0 Å². The summed E-state index contributed by atoms with van der Waals surface area (Å²) in [5, 5.41) is 0.192. The highest BCUT2D eigenvalue weighted by atomic mass is 32.2. The average molecular weight is 225 g/mol. The highest BCUT2D eigenvalue weighted by molar-refractivity contribution is 7.85. The van der Waals surface area contributed by atoms with Crippen molar-refractivity contribution in [2.45, 2.75) is 36.8 Å². The second kappa shape index (κ2) is 6.03. The van der Waals surface area contributed by atoms with Crippen LogP contribution in [0.5, 0.6) is 0 Å². The molecule has 15 heavy (non-hydrogen) atoms. The predicted molar refractivity (Wildman–Crippen MR) is 65.3 cm³/mol. The van der Waals surface area contributed by atoms with Gasteiger partial charge in [0.25, 0.3) is 0 Å². The summed E-state index contributed by atoms with van der Waals surface area (Å²) in [6.45, 7) is 4.70. The van der Waals surface area contributed by atoms with Crippen molar-refractivity contribution in [1.82, 2.24) is 0 Å². The lowest BCUT2D eigenvalue weighted by molar-refractivity contribution is 0.650. The maximum atomic E-state index is 12.1. The van der Waals surface area contributed by atoms with Gasteiger partial charge in [0.15, 0.2) is 0 Å². The normalized spacial score (nSPS) is 14.9. The standard InChI is InChI=1S/C12H19NOS/c1-3-11(8-9-13)15(14)12-6-4-10(2)5-7-12/h4-7,11H,3,8-9,13H2,1-2H3. The van der Waals surface area contributed by atoms with Crippen LogP contribution in [-0.4, -0.2) is 16.0 Å². The molecule has 0 heterocycles. The van der Waals surface area contributed by atoms with E-state index in [-0.39, 0.29) is 5.25 Å². The van der Waals surface area contributed by atoms with E-state index in [1.165, 1.54) is 5.56 Å². The van der Waals surface area contributed by atoms with Crippen molar-refractivity contribution in [2.75, 3.05) is 6.54 Å². The fourth-order valence-electron chi connectivity index (χ4n) is 1.51. The Bertz CT molecular complexity index is 321. The molecule has 1 aromatic rings. The van der Waals surface area contributed by atoms with Crippen molar-refractivity contribution in [3.63, 3.8) is 0 Å². The lowest BCUT2D eigenvalue weighted by Gasteiger charge is -2.13. The summed E-state index contributed by atoms with van der Waals surface area (Å²) in [7, 11) is -0.909. The topological polar surface area (TPSA) is 43.1 Å². The molecular formula is C12H19NOS. The van der Waals surface area contributed by atoms with Crippen LogP contribution in [0.3, 0.4) is 0 Å². The second-order valence-corrected chi connectivity index (χ2v) is 5.45. The Balaban J connectivity index is 2.78. The SMILES string of the molecule is CCC(CCN)S(=O)c1ccc(C)cc1. The van der Waals surface area contributed by atoms with Crippen molar-refractivity contribution in [3.05, 3.63) is 29.8 Å². The maximum Gasteiger partial charge on any atom is 0.0561 e. The second-order valence-electron chi connectivity index (χ2n) is 3.72. The first-order valence-corrected chi connectivity index (χ1v) is 6.57. The highest BCUT2D eigenvalue weighted by Crippen LogP contribution is 2.16. The van der Waals surface area contributed by atoms with Gasteiger partial charge < -0.3 is 5.73 Å². The molecule has 1 aromatic carbocycles. The molecule has 0 radical (unpaired) electrons. The lowest BCUT2D eigenvalue weighted by Crippen LogP contribution is -2.18. The van der Waals surface area contributed by atoms with E-state index in [2.05, 4.69) is 6.92 Å². The van der Waals surface area contributed by atoms with Crippen molar-refractivity contribution < 1.29 is 4.21 Å². The number of hydrogen-bond acceptors (Lipinski definition) is 2. The minimum absolute atomic E-state index is 0.192. The van der Waals surface area contributed by atoms with Crippen LogP contribution in [-0.2, 0) is 10.8 Å². The largest absolute Gasteiger partial charge is 0.330 e. The van der Waals surface area contributed by atoms with Gasteiger partial charge >= 0.3 is 0 Å². The Labute approximate surface area is 94.3 Å². The molecule has 0 bridgehead atoms. The van der Waals surface area contributed by atoms with Gasteiger partial charge in [-0.2, -0.15) is 0 Å². The summed E-state index contributed by atoms with van der Waals surface area (Å²) in [5.41, 5.74) is 6.71. The molecule has 3 heteroatoms. The van der Waals surface area contributed by atoms with Crippen molar-refractivity contribution in [3.8, 4) is 0 Å². The van der Waals surface area contributed by atoms with E-state index in [1.54, 1.807) is 0 Å². The van der Waals surface area contributed by atoms with Gasteiger partial charge in [-0.1, -0.05) is 24.6 Å². The van der Waals surface area contributed by atoms with E-state index in [1.807, 2.05) is 31.2 Å². The van der Waals surface area contributed by atoms with Crippen LogP contribution in [0.25, 0.3) is 0 Å². The molecule has 0 aliphatic heterocycles. The van der Waals surface area contributed by atoms with E-state index in [9.17, 15) is 4.21 Å². The number of nitrogens with two attached hydrogens (primary N) is 1. The molecule has 1 rings (SSSR count). The van der Waals surface area contributed by atoms with Crippen LogP contribution in [0.15, 0.2) is 29.2 Å². The van der Waals surface area contributed by atoms with E-state index < -0.39 is 10.8 Å². The Morgan fingerprint density at radius 2 is 1.93 bits per heavy atom. The third-order valence-electron chi connectivity index (χ3n) is 2.50. The first kappa shape index (κ1) is 12.4. The van der Waals surface area contributed by atoms with Gasteiger partial charge in [-0.25, -0.2) is 0 Å². The van der Waals surface area contributed by atoms with Crippen molar-refractivity contribution in [2.24, 2.45) is 5.73 Å². The summed E-state index contributed by atoms with van der Waals surface area (Å²) in [5.74, 6) is 0. The highest BCUT2D eigenvalue weighted by Gasteiger charge is 2.15. The summed E-state index contributed by atoms with van der Waals surface area (Å²) in [4.78, 5) is 0.918. The van der Waals surface area contributed by atoms with Crippen LogP contribution in [0.1, 0.15) is 25.3 Å². The number of aryl methyl sites for hydroxylation is 1. The van der Waals surface area contributed by atoms with Crippen molar-refractivity contribution in [1.29, 1.82) is 0 Å². The van der Waals surface area contributed by atoms with E-state index in [4.69, 9.17) is 5.73 Å². The van der Waals surface area contributed by atoms with Gasteiger partial charge in [-0.05, 0) is 38.4 Å². The molecule has 2 unspecified atom stereocenters. The zero-order chi connectivity index (χ0) is 11.3. The molecule has 0 saturated carbocycles. The summed E-state index contributed by atoms with van der Waals surface area (Å²) in [6.07, 6.45) is 1.74. The van der Waals surface area contributed by atoms with Gasteiger partial charge in [-0.3, -0.25) is 4.21 Å². The molecule has 84 valence electrons. The smallest absolute Gasteiger partial charge is 0.0561 e. The minimum atomic E-state index is -0.909. The van der Waals surface area contributed by atoms with Crippen LogP contribution < -0.4 is 5.73 Å². The molecule has 0 saturated heterocycles. The molecule has 0 fully saturated rings. The van der Waals surface area contributed by atoms with Gasteiger partial charge in [0.05, 0.1) is 10.8 Å². The quantitative estimate of drug-likeness (QED) is 0.835. The zero-order valence-corrected chi connectivity index (χ0v) is 10.2. The predicted octanol–water partition coefficient (Wildman–Crippen LogP) is 2.23. The molecule has 0 amide bonds. The average Bonchev–Trinajstić information content (AvgIpc) is 2.26. The van der Waals surface area contributed by atoms with Crippen LogP contribution in [0.4, 0.5) is 0 Å². The van der Waals surface area contributed by atoms with Crippen molar-refractivity contribution >= 4 is 10.8 Å². The molecule has 2 N–H and O–H groups in total. The Hall–Kier alpha value is -0.670. The first-order chi connectivity index (χ1) is 7.19. The third kappa shape index (κ3) is 3.43. The van der Waals surface area contributed by atoms with Crippen LogP contribution in [0.2, 0.25) is 0 Å². The summed E-state index contributed by atoms with van der Waals surface area (Å²) >= 11 is 0. The fourth-order valence-corrected chi connectivity index (χ4v) is 2.96. The van der Waals surface area contributed by atoms with E-state index in [0.29, 0.717) is 6.54 Å².